The Balaban J connectivity index is 3.39. The van der Waals surface area contributed by atoms with Crippen molar-refractivity contribution in [1.29, 1.82) is 0 Å². The fourth-order valence-corrected chi connectivity index (χ4v) is 1.07. The van der Waals surface area contributed by atoms with Crippen LogP contribution in [-0.2, 0) is 4.74 Å². The molecule has 0 rings (SSSR count). The van der Waals surface area contributed by atoms with Crippen LogP contribution in [0.3, 0.4) is 0 Å². The van der Waals surface area contributed by atoms with Gasteiger partial charge < -0.3 is 15.4 Å². The van der Waals surface area contributed by atoms with Crippen LogP contribution < -0.4 is 5.73 Å². The van der Waals surface area contributed by atoms with Gasteiger partial charge in [0.1, 0.15) is 0 Å². The molecule has 0 aliphatic carbocycles. The average molecular weight is 174 g/mol. The van der Waals surface area contributed by atoms with Gasteiger partial charge in [-0.25, -0.2) is 0 Å². The topological polar surface area (TPSA) is 38.5 Å². The smallest absolute Gasteiger partial charge is 0.0477 e. The van der Waals surface area contributed by atoms with Crippen LogP contribution in [0.5, 0.6) is 0 Å². The Morgan fingerprint density at radius 2 is 2.17 bits per heavy atom. The molecule has 2 N–H and O–H groups in total. The predicted octanol–water partition coefficient (Wildman–Crippen LogP) is 0.692. The summed E-state index contributed by atoms with van der Waals surface area (Å²) in [5, 5.41) is 0. The fraction of sp³-hybridized carbons (Fsp3) is 1.00. The molecule has 0 fully saturated rings. The molecule has 3 nitrogen and oxygen atoms in total. The summed E-state index contributed by atoms with van der Waals surface area (Å²) in [4.78, 5) is 2.33. The van der Waals surface area contributed by atoms with Crippen LogP contribution >= 0.6 is 0 Å². The molecule has 0 aromatic heterocycles. The quantitative estimate of drug-likeness (QED) is 0.617. The maximum absolute atomic E-state index is 5.43. The molecule has 0 aromatic carbocycles. The molecule has 0 saturated heterocycles. The zero-order valence-corrected chi connectivity index (χ0v) is 8.55. The molecule has 0 aliphatic heterocycles. The van der Waals surface area contributed by atoms with E-state index in [2.05, 4.69) is 18.9 Å². The van der Waals surface area contributed by atoms with Crippen LogP contribution in [0.2, 0.25) is 0 Å². The van der Waals surface area contributed by atoms with Gasteiger partial charge >= 0.3 is 0 Å². The number of ether oxygens (including phenoxy) is 1. The number of nitrogens with two attached hydrogens (primary N) is 1. The van der Waals surface area contributed by atoms with Gasteiger partial charge in [0, 0.05) is 19.8 Å². The lowest BCUT2D eigenvalue weighted by atomic mass is 10.2. The van der Waals surface area contributed by atoms with Crippen molar-refractivity contribution in [3.8, 4) is 0 Å². The van der Waals surface area contributed by atoms with Crippen LogP contribution in [0.4, 0.5) is 0 Å². The third kappa shape index (κ3) is 5.52. The summed E-state index contributed by atoms with van der Waals surface area (Å²) in [7, 11) is 3.88. The first-order valence-corrected chi connectivity index (χ1v) is 4.61. The maximum atomic E-state index is 5.43. The zero-order chi connectivity index (χ0) is 9.40. The molecule has 0 bridgehead atoms. The van der Waals surface area contributed by atoms with Crippen LogP contribution in [0, 0.1) is 0 Å². The summed E-state index contributed by atoms with van der Waals surface area (Å²) >= 11 is 0. The van der Waals surface area contributed by atoms with Crippen LogP contribution in [0.15, 0.2) is 0 Å². The van der Waals surface area contributed by atoms with Gasteiger partial charge in [-0.2, -0.15) is 0 Å². The molecule has 74 valence electrons. The second-order valence-electron chi connectivity index (χ2n) is 3.25. The Hall–Kier alpha value is -0.120. The van der Waals surface area contributed by atoms with Crippen molar-refractivity contribution in [3.63, 3.8) is 0 Å². The van der Waals surface area contributed by atoms with E-state index in [4.69, 9.17) is 10.5 Å². The van der Waals surface area contributed by atoms with E-state index in [1.807, 2.05) is 0 Å². The molecule has 0 aliphatic rings. The summed E-state index contributed by atoms with van der Waals surface area (Å²) in [5.74, 6) is 0. The largest absolute Gasteiger partial charge is 0.385 e. The van der Waals surface area contributed by atoms with Gasteiger partial charge in [0.25, 0.3) is 0 Å². The van der Waals surface area contributed by atoms with E-state index in [9.17, 15) is 0 Å². The number of nitrogens with zero attached hydrogens (tertiary/aromatic N) is 1. The van der Waals surface area contributed by atoms with E-state index >= 15 is 0 Å². The molecular weight excluding hydrogens is 152 g/mol. The van der Waals surface area contributed by atoms with E-state index < -0.39 is 0 Å². The Morgan fingerprint density at radius 1 is 1.50 bits per heavy atom. The summed E-state index contributed by atoms with van der Waals surface area (Å²) in [6.45, 7) is 4.92. The molecule has 1 unspecified atom stereocenters. The Bertz CT molecular complexity index is 86.5. The van der Waals surface area contributed by atoms with Gasteiger partial charge in [-0.15, -0.1) is 0 Å². The molecule has 12 heavy (non-hydrogen) atoms. The van der Waals surface area contributed by atoms with E-state index in [-0.39, 0.29) is 0 Å². The van der Waals surface area contributed by atoms with Gasteiger partial charge in [0.2, 0.25) is 0 Å². The van der Waals surface area contributed by atoms with E-state index in [0.717, 1.165) is 32.5 Å². The lowest BCUT2D eigenvalue weighted by Crippen LogP contribution is -2.31. The normalized spacial score (nSPS) is 13.8. The maximum Gasteiger partial charge on any atom is 0.0477 e. The molecule has 3 heteroatoms. The molecule has 0 heterocycles. The van der Waals surface area contributed by atoms with Crippen LogP contribution in [-0.4, -0.2) is 44.8 Å². The first-order valence-electron chi connectivity index (χ1n) is 4.61. The van der Waals surface area contributed by atoms with E-state index in [1.165, 1.54) is 0 Å². The molecule has 0 saturated carbocycles. The van der Waals surface area contributed by atoms with Gasteiger partial charge in [0.05, 0.1) is 0 Å². The molecule has 0 amide bonds. The van der Waals surface area contributed by atoms with Crippen molar-refractivity contribution < 1.29 is 4.74 Å². The number of rotatable bonds is 7. The second kappa shape index (κ2) is 7.53. The molecule has 0 radical (unpaired) electrons. The zero-order valence-electron chi connectivity index (χ0n) is 8.55. The minimum Gasteiger partial charge on any atom is -0.385 e. The van der Waals surface area contributed by atoms with E-state index in [0.29, 0.717) is 6.04 Å². The summed E-state index contributed by atoms with van der Waals surface area (Å²) in [6, 6.07) is 0.594. The highest BCUT2D eigenvalue weighted by Gasteiger charge is 2.06. The van der Waals surface area contributed by atoms with Gasteiger partial charge in [-0.05, 0) is 39.9 Å². The third-order valence-electron chi connectivity index (χ3n) is 2.21. The summed E-state index contributed by atoms with van der Waals surface area (Å²) < 4.78 is 5.02. The van der Waals surface area contributed by atoms with Crippen molar-refractivity contribution in [2.45, 2.75) is 25.8 Å². The Kier molecular flexibility index (Phi) is 7.45. The molecular formula is C9H22N2O. The standard InChI is InChI=1S/C9H22N2O/c1-9(5-8-12-3)11(2)7-4-6-10/h9H,4-8,10H2,1-3H3. The molecule has 0 aromatic rings. The second-order valence-corrected chi connectivity index (χ2v) is 3.25. The van der Waals surface area contributed by atoms with Crippen molar-refractivity contribution in [2.75, 3.05) is 33.9 Å². The highest BCUT2D eigenvalue weighted by Crippen LogP contribution is 2.01. The predicted molar refractivity (Wildman–Crippen MR) is 52.3 cm³/mol. The summed E-state index contributed by atoms with van der Waals surface area (Å²) in [5.41, 5.74) is 5.43. The fourth-order valence-electron chi connectivity index (χ4n) is 1.07. The molecule has 1 atom stereocenters. The summed E-state index contributed by atoms with van der Waals surface area (Å²) in [6.07, 6.45) is 2.17. The first kappa shape index (κ1) is 11.9. The third-order valence-corrected chi connectivity index (χ3v) is 2.21. The Labute approximate surface area is 75.9 Å². The highest BCUT2D eigenvalue weighted by molar-refractivity contribution is 4.62. The van der Waals surface area contributed by atoms with E-state index in [1.54, 1.807) is 7.11 Å². The first-order chi connectivity index (χ1) is 5.72. The highest BCUT2D eigenvalue weighted by atomic mass is 16.5. The minimum absolute atomic E-state index is 0.594. The molecule has 0 spiro atoms. The number of hydrogen-bond donors (Lipinski definition) is 1. The van der Waals surface area contributed by atoms with Crippen LogP contribution in [0.25, 0.3) is 0 Å². The lowest BCUT2D eigenvalue weighted by Gasteiger charge is -2.23. The number of methoxy groups -OCH3 is 1. The van der Waals surface area contributed by atoms with Crippen molar-refractivity contribution in [3.05, 3.63) is 0 Å². The van der Waals surface area contributed by atoms with Crippen molar-refractivity contribution in [1.82, 2.24) is 4.90 Å². The Morgan fingerprint density at radius 3 is 2.67 bits per heavy atom. The van der Waals surface area contributed by atoms with Crippen molar-refractivity contribution >= 4 is 0 Å². The van der Waals surface area contributed by atoms with Gasteiger partial charge in [0.15, 0.2) is 0 Å². The van der Waals surface area contributed by atoms with Crippen molar-refractivity contribution in [2.24, 2.45) is 5.73 Å². The SMILES string of the molecule is COCCC(C)N(C)CCCN. The lowest BCUT2D eigenvalue weighted by molar-refractivity contribution is 0.152. The number of hydrogen-bond acceptors (Lipinski definition) is 3. The van der Waals surface area contributed by atoms with Gasteiger partial charge in [-0.1, -0.05) is 0 Å². The minimum atomic E-state index is 0.594. The van der Waals surface area contributed by atoms with Crippen LogP contribution in [0.1, 0.15) is 19.8 Å². The average Bonchev–Trinajstić information content (AvgIpc) is 2.10. The monoisotopic (exact) mass is 174 g/mol. The van der Waals surface area contributed by atoms with Gasteiger partial charge in [-0.3, -0.25) is 0 Å².